The van der Waals surface area contributed by atoms with Crippen LogP contribution in [0.3, 0.4) is 0 Å². The molecule has 0 bridgehead atoms. The number of nitrogens with zero attached hydrogens (tertiary/aromatic N) is 5. The van der Waals surface area contributed by atoms with Crippen LogP contribution in [-0.2, 0) is 18.3 Å². The number of benzene rings is 2. The molecule has 6 nitrogen and oxygen atoms in total. The van der Waals surface area contributed by atoms with Crippen molar-refractivity contribution in [3.05, 3.63) is 53.7 Å². The highest BCUT2D eigenvalue weighted by atomic mass is 32.1. The molecule has 5 aromatic rings. The van der Waals surface area contributed by atoms with Crippen LogP contribution >= 0.6 is 11.3 Å². The molecule has 0 aliphatic carbocycles. The summed E-state index contributed by atoms with van der Waals surface area (Å²) in [7, 11) is 3.74. The quantitative estimate of drug-likeness (QED) is 0.428. The summed E-state index contributed by atoms with van der Waals surface area (Å²) in [6, 6.07) is 12.6. The van der Waals surface area contributed by atoms with Crippen molar-refractivity contribution in [2.24, 2.45) is 7.05 Å². The van der Waals surface area contributed by atoms with Crippen LogP contribution < -0.4 is 0 Å². The molecule has 3 heterocycles. The van der Waals surface area contributed by atoms with E-state index < -0.39 is 0 Å². The molecule has 0 atom stereocenters. The fraction of sp³-hybridized carbons (Fsp3) is 0.227. The maximum absolute atomic E-state index is 5.34. The first-order chi connectivity index (χ1) is 14.1. The molecule has 146 valence electrons. The first-order valence-electron chi connectivity index (χ1n) is 9.47. The van der Waals surface area contributed by atoms with Gasteiger partial charge in [0.1, 0.15) is 11.5 Å². The lowest BCUT2D eigenvalue weighted by atomic mass is 10.2. The van der Waals surface area contributed by atoms with E-state index in [1.807, 2.05) is 23.3 Å². The van der Waals surface area contributed by atoms with Gasteiger partial charge in [-0.15, -0.1) is 11.3 Å². The average molecular weight is 404 g/mol. The summed E-state index contributed by atoms with van der Waals surface area (Å²) in [6.45, 7) is 3.44. The highest BCUT2D eigenvalue weighted by Gasteiger charge is 2.17. The summed E-state index contributed by atoms with van der Waals surface area (Å²) in [4.78, 5) is 14.3. The maximum atomic E-state index is 5.34. The zero-order valence-electron chi connectivity index (χ0n) is 16.6. The Kier molecular flexibility index (Phi) is 4.41. The molecule has 0 aliphatic heterocycles. The first kappa shape index (κ1) is 18.0. The number of hydrogen-bond donors (Lipinski definition) is 0. The molecule has 0 aliphatic rings. The molecule has 7 heteroatoms. The SMILES string of the molecule is COCCn1c(-c2cn(C)c(-c3ccc4scnc4c3)n2)nc2ccc(C)cc21. The largest absolute Gasteiger partial charge is 0.383 e. The van der Waals surface area contributed by atoms with Crippen LogP contribution in [0.1, 0.15) is 5.56 Å². The van der Waals surface area contributed by atoms with E-state index in [0.29, 0.717) is 6.61 Å². The van der Waals surface area contributed by atoms with Gasteiger partial charge in [-0.25, -0.2) is 15.0 Å². The molecule has 5 rings (SSSR count). The summed E-state index contributed by atoms with van der Waals surface area (Å²) >= 11 is 1.65. The van der Waals surface area contributed by atoms with Gasteiger partial charge in [0.15, 0.2) is 5.82 Å². The van der Waals surface area contributed by atoms with Crippen LogP contribution in [0.2, 0.25) is 0 Å². The highest BCUT2D eigenvalue weighted by Crippen LogP contribution is 2.29. The lowest BCUT2D eigenvalue weighted by Crippen LogP contribution is -2.06. The van der Waals surface area contributed by atoms with Crippen molar-refractivity contribution < 1.29 is 4.74 Å². The second kappa shape index (κ2) is 7.09. The van der Waals surface area contributed by atoms with E-state index in [0.717, 1.165) is 46.0 Å². The predicted octanol–water partition coefficient (Wildman–Crippen LogP) is 4.67. The van der Waals surface area contributed by atoms with Crippen LogP contribution in [0, 0.1) is 6.92 Å². The summed E-state index contributed by atoms with van der Waals surface area (Å²) in [5, 5.41) is 0. The zero-order valence-corrected chi connectivity index (χ0v) is 17.4. The minimum Gasteiger partial charge on any atom is -0.383 e. The topological polar surface area (TPSA) is 57.8 Å². The van der Waals surface area contributed by atoms with Gasteiger partial charge in [0, 0.05) is 32.5 Å². The number of methoxy groups -OCH3 is 1. The Morgan fingerprint density at radius 3 is 2.79 bits per heavy atom. The van der Waals surface area contributed by atoms with Crippen molar-refractivity contribution in [2.75, 3.05) is 13.7 Å². The van der Waals surface area contributed by atoms with Gasteiger partial charge in [-0.3, -0.25) is 0 Å². The fourth-order valence-electron chi connectivity index (χ4n) is 3.68. The van der Waals surface area contributed by atoms with Gasteiger partial charge in [0.05, 0.1) is 33.4 Å². The normalized spacial score (nSPS) is 11.7. The van der Waals surface area contributed by atoms with Gasteiger partial charge in [-0.1, -0.05) is 6.07 Å². The van der Waals surface area contributed by atoms with Crippen LogP contribution in [0.5, 0.6) is 0 Å². The molecular formula is C22H21N5OS. The zero-order chi connectivity index (χ0) is 20.0. The van der Waals surface area contributed by atoms with Crippen LogP contribution in [0.25, 0.3) is 44.2 Å². The van der Waals surface area contributed by atoms with Gasteiger partial charge in [-0.2, -0.15) is 0 Å². The number of thiazole rings is 1. The number of fused-ring (bicyclic) bond motifs is 2. The minimum atomic E-state index is 0.618. The third-order valence-electron chi connectivity index (χ3n) is 5.12. The van der Waals surface area contributed by atoms with Gasteiger partial charge in [0.25, 0.3) is 0 Å². The van der Waals surface area contributed by atoms with E-state index in [9.17, 15) is 0 Å². The van der Waals surface area contributed by atoms with Crippen LogP contribution in [-0.4, -0.2) is 37.8 Å². The Labute approximate surface area is 172 Å². The van der Waals surface area contributed by atoms with Crippen LogP contribution in [0.15, 0.2) is 48.1 Å². The van der Waals surface area contributed by atoms with E-state index in [-0.39, 0.29) is 0 Å². The van der Waals surface area contributed by atoms with Crippen molar-refractivity contribution in [3.63, 3.8) is 0 Å². The molecule has 0 saturated heterocycles. The standard InChI is InChI=1S/C22H21N5OS/c1-14-4-6-16-19(10-14)27(8-9-28-3)22(24-16)18-12-26(2)21(25-18)15-5-7-20-17(11-15)23-13-29-20/h4-7,10-13H,8-9H2,1-3H3. The van der Waals surface area contributed by atoms with Crippen molar-refractivity contribution in [3.8, 4) is 22.9 Å². The molecule has 0 radical (unpaired) electrons. The van der Waals surface area contributed by atoms with Gasteiger partial charge < -0.3 is 13.9 Å². The van der Waals surface area contributed by atoms with Crippen molar-refractivity contribution in [1.82, 2.24) is 24.1 Å². The molecule has 0 amide bonds. The number of imidazole rings is 2. The van der Waals surface area contributed by atoms with E-state index in [1.54, 1.807) is 18.4 Å². The molecule has 0 spiro atoms. The van der Waals surface area contributed by atoms with E-state index >= 15 is 0 Å². The smallest absolute Gasteiger partial charge is 0.161 e. The molecular weight excluding hydrogens is 382 g/mol. The number of aromatic nitrogens is 5. The average Bonchev–Trinajstić information content (AvgIpc) is 3.42. The molecule has 29 heavy (non-hydrogen) atoms. The molecule has 0 fully saturated rings. The number of hydrogen-bond acceptors (Lipinski definition) is 5. The van der Waals surface area contributed by atoms with E-state index in [2.05, 4.69) is 52.9 Å². The molecule has 0 saturated carbocycles. The lowest BCUT2D eigenvalue weighted by Gasteiger charge is -2.07. The van der Waals surface area contributed by atoms with E-state index in [4.69, 9.17) is 14.7 Å². The Balaban J connectivity index is 1.64. The monoisotopic (exact) mass is 403 g/mol. The lowest BCUT2D eigenvalue weighted by molar-refractivity contribution is 0.188. The second-order valence-corrected chi connectivity index (χ2v) is 8.05. The highest BCUT2D eigenvalue weighted by molar-refractivity contribution is 7.16. The second-order valence-electron chi connectivity index (χ2n) is 7.17. The van der Waals surface area contributed by atoms with E-state index in [1.165, 1.54) is 10.3 Å². The summed E-state index contributed by atoms with van der Waals surface area (Å²) in [6.07, 6.45) is 2.04. The summed E-state index contributed by atoms with van der Waals surface area (Å²) in [5.74, 6) is 1.76. The Bertz CT molecular complexity index is 1330. The number of ether oxygens (including phenoxy) is 1. The molecule has 0 unspecified atom stereocenters. The van der Waals surface area contributed by atoms with Gasteiger partial charge >= 0.3 is 0 Å². The maximum Gasteiger partial charge on any atom is 0.161 e. The van der Waals surface area contributed by atoms with Gasteiger partial charge in [-0.05, 0) is 42.8 Å². The third kappa shape index (κ3) is 3.12. The fourth-order valence-corrected chi connectivity index (χ4v) is 4.34. The van der Waals surface area contributed by atoms with Crippen molar-refractivity contribution in [2.45, 2.75) is 13.5 Å². The molecule has 2 aromatic carbocycles. The van der Waals surface area contributed by atoms with Crippen molar-refractivity contribution in [1.29, 1.82) is 0 Å². The Morgan fingerprint density at radius 2 is 1.93 bits per heavy atom. The predicted molar refractivity (Wildman–Crippen MR) is 117 cm³/mol. The molecule has 0 N–H and O–H groups in total. The minimum absolute atomic E-state index is 0.618. The van der Waals surface area contributed by atoms with Crippen LogP contribution in [0.4, 0.5) is 0 Å². The Morgan fingerprint density at radius 1 is 1.03 bits per heavy atom. The number of aryl methyl sites for hydroxylation is 2. The summed E-state index contributed by atoms with van der Waals surface area (Å²) < 4.78 is 10.8. The van der Waals surface area contributed by atoms with Crippen molar-refractivity contribution >= 4 is 32.6 Å². The summed E-state index contributed by atoms with van der Waals surface area (Å²) in [5.41, 5.74) is 8.06. The third-order valence-corrected chi connectivity index (χ3v) is 5.93. The molecule has 3 aromatic heterocycles. The van der Waals surface area contributed by atoms with Gasteiger partial charge in [0.2, 0.25) is 0 Å². The Hall–Kier alpha value is -3.03. The number of rotatable bonds is 5. The first-order valence-corrected chi connectivity index (χ1v) is 10.3.